The van der Waals surface area contributed by atoms with Gasteiger partial charge in [0.2, 0.25) is 5.91 Å². The first kappa shape index (κ1) is 9.00. The lowest BCUT2D eigenvalue weighted by molar-refractivity contribution is -0.147. The lowest BCUT2D eigenvalue weighted by Crippen LogP contribution is -2.53. The maximum Gasteiger partial charge on any atom is 0.246 e. The lowest BCUT2D eigenvalue weighted by Gasteiger charge is -2.37. The summed E-state index contributed by atoms with van der Waals surface area (Å²) in [6, 6.07) is 0. The van der Waals surface area contributed by atoms with Gasteiger partial charge >= 0.3 is 0 Å². The molecule has 1 amide bonds. The quantitative estimate of drug-likeness (QED) is 0.711. The average Bonchev–Trinajstić information content (AvgIpc) is 2.93. The van der Waals surface area contributed by atoms with E-state index in [2.05, 4.69) is 12.2 Å². The number of carbonyl (C=O) groups is 1. The predicted octanol–water partition coefficient (Wildman–Crippen LogP) is 1.08. The van der Waals surface area contributed by atoms with Crippen LogP contribution in [0.4, 0.5) is 0 Å². The van der Waals surface area contributed by atoms with E-state index in [-0.39, 0.29) is 18.1 Å². The molecule has 1 saturated heterocycles. The molecule has 1 aliphatic carbocycles. The highest BCUT2D eigenvalue weighted by atomic mass is 16.5. The first-order valence-corrected chi connectivity index (χ1v) is 5.17. The van der Waals surface area contributed by atoms with Crippen molar-refractivity contribution in [2.45, 2.75) is 38.2 Å². The molecule has 0 radical (unpaired) electrons. The summed E-state index contributed by atoms with van der Waals surface area (Å²) >= 11 is 0. The van der Waals surface area contributed by atoms with Crippen molar-refractivity contribution < 1.29 is 9.53 Å². The van der Waals surface area contributed by atoms with E-state index in [4.69, 9.17) is 4.74 Å². The monoisotopic (exact) mass is 183 g/mol. The Hall–Kier alpha value is -0.570. The molecule has 0 spiro atoms. The van der Waals surface area contributed by atoms with E-state index < -0.39 is 0 Å². The zero-order valence-corrected chi connectivity index (χ0v) is 8.14. The first-order valence-electron chi connectivity index (χ1n) is 5.17. The minimum atomic E-state index is -0.0112. The number of rotatable bonds is 3. The van der Waals surface area contributed by atoms with Crippen LogP contribution in [0.1, 0.15) is 32.6 Å². The largest absolute Gasteiger partial charge is 0.363 e. The highest BCUT2D eigenvalue weighted by molar-refractivity contribution is 5.78. The van der Waals surface area contributed by atoms with E-state index >= 15 is 0 Å². The number of ether oxygens (including phenoxy) is 1. The minimum absolute atomic E-state index is 0.0112. The maximum absolute atomic E-state index is 11.0. The topological polar surface area (TPSA) is 38.3 Å². The number of hydrogen-bond donors (Lipinski definition) is 1. The molecule has 3 nitrogen and oxygen atoms in total. The van der Waals surface area contributed by atoms with E-state index in [1.807, 2.05) is 0 Å². The number of amides is 1. The smallest absolute Gasteiger partial charge is 0.246 e. The van der Waals surface area contributed by atoms with Crippen molar-refractivity contribution in [2.24, 2.45) is 5.92 Å². The second-order valence-electron chi connectivity index (χ2n) is 4.15. The Labute approximate surface area is 78.8 Å². The zero-order chi connectivity index (χ0) is 9.31. The normalized spacial score (nSPS) is 34.4. The SMILES string of the molecule is CCCC1(C2CC2)CNC(=O)CO1. The van der Waals surface area contributed by atoms with Gasteiger partial charge in [0, 0.05) is 6.54 Å². The second kappa shape index (κ2) is 3.29. The van der Waals surface area contributed by atoms with Crippen LogP contribution in [0.25, 0.3) is 0 Å². The zero-order valence-electron chi connectivity index (χ0n) is 8.14. The van der Waals surface area contributed by atoms with E-state index in [0.717, 1.165) is 19.4 Å². The molecule has 13 heavy (non-hydrogen) atoms. The molecule has 1 unspecified atom stereocenters. The van der Waals surface area contributed by atoms with Crippen LogP contribution in [0.15, 0.2) is 0 Å². The Balaban J connectivity index is 2.00. The second-order valence-corrected chi connectivity index (χ2v) is 4.15. The fourth-order valence-corrected chi connectivity index (χ4v) is 2.22. The summed E-state index contributed by atoms with van der Waals surface area (Å²) in [4.78, 5) is 11.0. The Morgan fingerprint density at radius 1 is 1.62 bits per heavy atom. The molecule has 0 aromatic heterocycles. The third-order valence-electron chi connectivity index (χ3n) is 3.07. The average molecular weight is 183 g/mol. The Bertz CT molecular complexity index is 201. The fraction of sp³-hybridized carbons (Fsp3) is 0.900. The summed E-state index contributed by atoms with van der Waals surface area (Å²) in [5.74, 6) is 0.737. The van der Waals surface area contributed by atoms with Gasteiger partial charge in [-0.3, -0.25) is 4.79 Å². The molecule has 0 bridgehead atoms. The van der Waals surface area contributed by atoms with Crippen LogP contribution < -0.4 is 5.32 Å². The van der Waals surface area contributed by atoms with Crippen LogP contribution in [0.5, 0.6) is 0 Å². The van der Waals surface area contributed by atoms with Crippen LogP contribution >= 0.6 is 0 Å². The Morgan fingerprint density at radius 3 is 2.85 bits per heavy atom. The van der Waals surface area contributed by atoms with Crippen molar-refractivity contribution in [3.8, 4) is 0 Å². The van der Waals surface area contributed by atoms with Gasteiger partial charge in [-0.05, 0) is 25.2 Å². The standard InChI is InChI=1S/C10H17NO2/c1-2-5-10(8-3-4-8)7-11-9(12)6-13-10/h8H,2-7H2,1H3,(H,11,12). The molecule has 2 aliphatic rings. The highest BCUT2D eigenvalue weighted by Crippen LogP contribution is 2.44. The Kier molecular flexibility index (Phi) is 2.28. The maximum atomic E-state index is 11.0. The van der Waals surface area contributed by atoms with Crippen LogP contribution in [-0.2, 0) is 9.53 Å². The summed E-state index contributed by atoms with van der Waals surface area (Å²) < 4.78 is 5.73. The van der Waals surface area contributed by atoms with Crippen molar-refractivity contribution in [1.82, 2.24) is 5.32 Å². The number of carbonyl (C=O) groups excluding carboxylic acids is 1. The third kappa shape index (κ3) is 1.70. The molecule has 2 rings (SSSR count). The van der Waals surface area contributed by atoms with Gasteiger partial charge in [0.05, 0.1) is 5.60 Å². The van der Waals surface area contributed by atoms with Crippen molar-refractivity contribution in [2.75, 3.05) is 13.2 Å². The van der Waals surface area contributed by atoms with E-state index in [1.54, 1.807) is 0 Å². The molecule has 74 valence electrons. The van der Waals surface area contributed by atoms with Crippen molar-refractivity contribution >= 4 is 5.91 Å². The molecular weight excluding hydrogens is 166 g/mol. The molecule has 1 aliphatic heterocycles. The van der Waals surface area contributed by atoms with Gasteiger partial charge in [-0.2, -0.15) is 0 Å². The lowest BCUT2D eigenvalue weighted by atomic mass is 9.91. The molecule has 2 fully saturated rings. The summed E-state index contributed by atoms with van der Waals surface area (Å²) in [5.41, 5.74) is -0.0112. The number of hydrogen-bond acceptors (Lipinski definition) is 2. The Morgan fingerprint density at radius 2 is 2.38 bits per heavy atom. The van der Waals surface area contributed by atoms with Crippen molar-refractivity contribution in [1.29, 1.82) is 0 Å². The summed E-state index contributed by atoms with van der Waals surface area (Å²) in [6.45, 7) is 3.16. The fourth-order valence-electron chi connectivity index (χ4n) is 2.22. The van der Waals surface area contributed by atoms with Crippen LogP contribution in [0.2, 0.25) is 0 Å². The molecule has 1 saturated carbocycles. The van der Waals surface area contributed by atoms with Gasteiger partial charge in [-0.25, -0.2) is 0 Å². The molecule has 0 aromatic rings. The molecular formula is C10H17NO2. The summed E-state index contributed by atoms with van der Waals surface area (Å²) in [7, 11) is 0. The molecule has 1 heterocycles. The van der Waals surface area contributed by atoms with Crippen LogP contribution in [0.3, 0.4) is 0 Å². The molecule has 0 aromatic carbocycles. The molecule has 1 N–H and O–H groups in total. The van der Waals surface area contributed by atoms with Gasteiger partial charge in [0.15, 0.2) is 0 Å². The number of nitrogens with one attached hydrogen (secondary N) is 1. The van der Waals surface area contributed by atoms with Crippen LogP contribution in [0, 0.1) is 5.92 Å². The minimum Gasteiger partial charge on any atom is -0.363 e. The van der Waals surface area contributed by atoms with Crippen molar-refractivity contribution in [3.63, 3.8) is 0 Å². The molecule has 3 heteroatoms. The van der Waals surface area contributed by atoms with E-state index in [9.17, 15) is 4.79 Å². The van der Waals surface area contributed by atoms with Gasteiger partial charge in [-0.15, -0.1) is 0 Å². The van der Waals surface area contributed by atoms with Gasteiger partial charge in [0.25, 0.3) is 0 Å². The van der Waals surface area contributed by atoms with Crippen molar-refractivity contribution in [3.05, 3.63) is 0 Å². The van der Waals surface area contributed by atoms with Gasteiger partial charge < -0.3 is 10.1 Å². The number of morpholine rings is 1. The van der Waals surface area contributed by atoms with Gasteiger partial charge in [0.1, 0.15) is 6.61 Å². The first-order chi connectivity index (χ1) is 6.27. The van der Waals surface area contributed by atoms with Gasteiger partial charge in [-0.1, -0.05) is 13.3 Å². The molecule has 1 atom stereocenters. The van der Waals surface area contributed by atoms with E-state index in [1.165, 1.54) is 12.8 Å². The predicted molar refractivity (Wildman–Crippen MR) is 49.3 cm³/mol. The summed E-state index contributed by atoms with van der Waals surface area (Å²) in [6.07, 6.45) is 4.76. The van der Waals surface area contributed by atoms with E-state index in [0.29, 0.717) is 5.92 Å². The summed E-state index contributed by atoms with van der Waals surface area (Å²) in [5, 5.41) is 2.92. The highest BCUT2D eigenvalue weighted by Gasteiger charge is 2.47. The third-order valence-corrected chi connectivity index (χ3v) is 3.07. The van der Waals surface area contributed by atoms with Crippen LogP contribution in [-0.4, -0.2) is 24.7 Å².